The fraction of sp³-hybridized carbons (Fsp3) is 0.118. The van der Waals surface area contributed by atoms with Gasteiger partial charge in [0.1, 0.15) is 11.5 Å². The molecule has 3 rings (SSSR count). The summed E-state index contributed by atoms with van der Waals surface area (Å²) >= 11 is 3.09. The average Bonchev–Trinajstić information content (AvgIpc) is 3.24. The molecule has 29 heavy (non-hydrogen) atoms. The lowest BCUT2D eigenvalue weighted by Gasteiger charge is -2.09. The highest BCUT2D eigenvalue weighted by Crippen LogP contribution is 2.35. The van der Waals surface area contributed by atoms with Gasteiger partial charge >= 0.3 is 17.7 Å². The number of esters is 1. The molecule has 1 aromatic heterocycles. The van der Waals surface area contributed by atoms with E-state index in [2.05, 4.69) is 26.0 Å². The number of rotatable bonds is 5. The first-order chi connectivity index (χ1) is 13.7. The van der Waals surface area contributed by atoms with Gasteiger partial charge in [0.2, 0.25) is 11.5 Å². The molecule has 2 N–H and O–H groups in total. The summed E-state index contributed by atoms with van der Waals surface area (Å²) in [6.45, 7) is -0.260. The Hall–Kier alpha value is -3.67. The summed E-state index contributed by atoms with van der Waals surface area (Å²) in [6, 6.07) is 4.45. The number of urea groups is 1. The van der Waals surface area contributed by atoms with E-state index in [0.717, 1.165) is 17.0 Å². The van der Waals surface area contributed by atoms with E-state index in [-0.39, 0.29) is 29.3 Å². The molecule has 0 bridgehead atoms. The standard InChI is InChI=1S/C17H12BrN3O8/c1-28-16(24)13-3-2-10(29-13)7-20-15(23)11(19-17(20)25)5-8-4-9(18)6-12(14(8)22)21(26)27/h2-6,22H,7H2,1H3,(H,19,25). The Labute approximate surface area is 170 Å². The van der Waals surface area contributed by atoms with Gasteiger partial charge < -0.3 is 19.6 Å². The Morgan fingerprint density at radius 1 is 1.41 bits per heavy atom. The second-order valence-electron chi connectivity index (χ2n) is 5.76. The summed E-state index contributed by atoms with van der Waals surface area (Å²) in [5, 5.41) is 23.4. The Kier molecular flexibility index (Phi) is 5.37. The van der Waals surface area contributed by atoms with Crippen LogP contribution in [0.15, 0.2) is 38.9 Å². The van der Waals surface area contributed by atoms with Crippen LogP contribution in [0.5, 0.6) is 5.75 Å². The first-order valence-corrected chi connectivity index (χ1v) is 8.69. The van der Waals surface area contributed by atoms with Crippen LogP contribution in [0.1, 0.15) is 21.9 Å². The number of aromatic hydroxyl groups is 1. The summed E-state index contributed by atoms with van der Waals surface area (Å²) in [7, 11) is 1.18. The van der Waals surface area contributed by atoms with E-state index < -0.39 is 34.3 Å². The van der Waals surface area contributed by atoms with Crippen LogP contribution in [0.3, 0.4) is 0 Å². The number of carbonyl (C=O) groups excluding carboxylic acids is 3. The molecule has 0 aliphatic carbocycles. The number of nitrogens with one attached hydrogen (secondary N) is 1. The molecule has 3 amide bonds. The Morgan fingerprint density at radius 2 is 2.14 bits per heavy atom. The Balaban J connectivity index is 1.86. The molecule has 12 heteroatoms. The molecule has 1 aliphatic heterocycles. The highest BCUT2D eigenvalue weighted by molar-refractivity contribution is 9.10. The van der Waals surface area contributed by atoms with Crippen molar-refractivity contribution in [1.82, 2.24) is 10.2 Å². The molecular weight excluding hydrogens is 454 g/mol. The number of carbonyl (C=O) groups is 3. The number of hydrogen-bond acceptors (Lipinski definition) is 8. The lowest BCUT2D eigenvalue weighted by Crippen LogP contribution is -2.30. The second-order valence-corrected chi connectivity index (χ2v) is 6.67. The normalized spacial score (nSPS) is 15.0. The number of ether oxygens (including phenoxy) is 1. The third-order valence-electron chi connectivity index (χ3n) is 3.91. The molecule has 150 valence electrons. The molecule has 2 aromatic rings. The first kappa shape index (κ1) is 20.1. The molecule has 1 saturated heterocycles. The lowest BCUT2D eigenvalue weighted by molar-refractivity contribution is -0.385. The molecule has 2 heterocycles. The van der Waals surface area contributed by atoms with E-state index in [0.29, 0.717) is 4.47 Å². The topological polar surface area (TPSA) is 152 Å². The number of methoxy groups -OCH3 is 1. The Morgan fingerprint density at radius 3 is 2.79 bits per heavy atom. The number of halogens is 1. The summed E-state index contributed by atoms with van der Waals surface area (Å²) in [5.74, 6) is -2.03. The van der Waals surface area contributed by atoms with Crippen molar-refractivity contribution < 1.29 is 33.6 Å². The fourth-order valence-electron chi connectivity index (χ4n) is 2.55. The third-order valence-corrected chi connectivity index (χ3v) is 4.36. The van der Waals surface area contributed by atoms with Crippen molar-refractivity contribution in [3.05, 3.63) is 61.6 Å². The van der Waals surface area contributed by atoms with Crippen LogP contribution in [-0.2, 0) is 16.1 Å². The number of nitro benzene ring substituents is 1. The lowest BCUT2D eigenvalue weighted by atomic mass is 10.1. The second kappa shape index (κ2) is 7.75. The fourth-order valence-corrected chi connectivity index (χ4v) is 3.02. The van der Waals surface area contributed by atoms with E-state index in [9.17, 15) is 29.6 Å². The van der Waals surface area contributed by atoms with Gasteiger partial charge in [-0.05, 0) is 24.3 Å². The van der Waals surface area contributed by atoms with Crippen molar-refractivity contribution in [1.29, 1.82) is 0 Å². The van der Waals surface area contributed by atoms with Gasteiger partial charge in [-0.2, -0.15) is 0 Å². The van der Waals surface area contributed by atoms with Crippen molar-refractivity contribution in [2.75, 3.05) is 7.11 Å². The number of phenolic OH excluding ortho intramolecular Hbond substituents is 1. The smallest absolute Gasteiger partial charge is 0.373 e. The van der Waals surface area contributed by atoms with Crippen LogP contribution in [0.4, 0.5) is 10.5 Å². The number of nitro groups is 1. The van der Waals surface area contributed by atoms with Crippen molar-refractivity contribution in [3.63, 3.8) is 0 Å². The van der Waals surface area contributed by atoms with Gasteiger partial charge in [-0.1, -0.05) is 15.9 Å². The van der Waals surface area contributed by atoms with E-state index in [1.54, 1.807) is 0 Å². The quantitative estimate of drug-likeness (QED) is 0.224. The minimum absolute atomic E-state index is 0.0393. The molecule has 1 fully saturated rings. The maximum atomic E-state index is 12.6. The van der Waals surface area contributed by atoms with Gasteiger partial charge in [0, 0.05) is 16.1 Å². The molecule has 0 saturated carbocycles. The van der Waals surface area contributed by atoms with Crippen LogP contribution in [0.25, 0.3) is 6.08 Å². The van der Waals surface area contributed by atoms with Crippen molar-refractivity contribution in [2.45, 2.75) is 6.54 Å². The van der Waals surface area contributed by atoms with Crippen LogP contribution in [-0.4, -0.2) is 39.9 Å². The number of amides is 3. The number of nitrogens with zero attached hydrogens (tertiary/aromatic N) is 2. The molecule has 0 radical (unpaired) electrons. The minimum Gasteiger partial charge on any atom is -0.502 e. The van der Waals surface area contributed by atoms with E-state index in [1.165, 1.54) is 25.3 Å². The average molecular weight is 466 g/mol. The number of hydrogen-bond donors (Lipinski definition) is 2. The number of benzene rings is 1. The molecule has 11 nitrogen and oxygen atoms in total. The first-order valence-electron chi connectivity index (χ1n) is 7.89. The van der Waals surface area contributed by atoms with Gasteiger partial charge in [0.05, 0.1) is 18.6 Å². The Bertz CT molecular complexity index is 1070. The van der Waals surface area contributed by atoms with Gasteiger partial charge in [-0.3, -0.25) is 19.8 Å². The van der Waals surface area contributed by atoms with Gasteiger partial charge in [0.15, 0.2) is 0 Å². The minimum atomic E-state index is -0.779. The largest absolute Gasteiger partial charge is 0.502 e. The molecule has 0 atom stereocenters. The van der Waals surface area contributed by atoms with Crippen LogP contribution in [0.2, 0.25) is 0 Å². The SMILES string of the molecule is COC(=O)c1ccc(CN2C(=O)NC(=Cc3cc(Br)cc([N+](=O)[O-])c3O)C2=O)o1. The number of phenols is 1. The summed E-state index contributed by atoms with van der Waals surface area (Å²) < 4.78 is 10.1. The monoisotopic (exact) mass is 465 g/mol. The van der Waals surface area contributed by atoms with Crippen LogP contribution in [0, 0.1) is 10.1 Å². The van der Waals surface area contributed by atoms with Crippen molar-refractivity contribution in [2.24, 2.45) is 0 Å². The van der Waals surface area contributed by atoms with Crippen LogP contribution >= 0.6 is 15.9 Å². The maximum absolute atomic E-state index is 12.6. The molecule has 0 unspecified atom stereocenters. The summed E-state index contributed by atoms with van der Waals surface area (Å²) in [6.07, 6.45) is 1.12. The molecule has 1 aliphatic rings. The molecule has 1 aromatic carbocycles. The van der Waals surface area contributed by atoms with Crippen molar-refractivity contribution >= 4 is 45.6 Å². The van der Waals surface area contributed by atoms with Crippen LogP contribution < -0.4 is 5.32 Å². The highest BCUT2D eigenvalue weighted by atomic mass is 79.9. The zero-order valence-electron chi connectivity index (χ0n) is 14.7. The third kappa shape index (κ3) is 3.96. The van der Waals surface area contributed by atoms with E-state index in [1.807, 2.05) is 0 Å². The van der Waals surface area contributed by atoms with Gasteiger partial charge in [-0.15, -0.1) is 0 Å². The highest BCUT2D eigenvalue weighted by Gasteiger charge is 2.35. The van der Waals surface area contributed by atoms with E-state index >= 15 is 0 Å². The number of furan rings is 1. The van der Waals surface area contributed by atoms with E-state index in [4.69, 9.17) is 4.42 Å². The summed E-state index contributed by atoms with van der Waals surface area (Å²) in [4.78, 5) is 47.2. The maximum Gasteiger partial charge on any atom is 0.373 e. The zero-order chi connectivity index (χ0) is 21.3. The summed E-state index contributed by atoms with van der Waals surface area (Å²) in [5.41, 5.74) is -0.800. The van der Waals surface area contributed by atoms with Gasteiger partial charge in [0.25, 0.3) is 5.91 Å². The molecule has 0 spiro atoms. The predicted molar refractivity (Wildman–Crippen MR) is 99.6 cm³/mol. The van der Waals surface area contributed by atoms with Crippen molar-refractivity contribution in [3.8, 4) is 5.75 Å². The zero-order valence-corrected chi connectivity index (χ0v) is 16.3. The predicted octanol–water partition coefficient (Wildman–Crippen LogP) is 2.54. The van der Waals surface area contributed by atoms with Gasteiger partial charge in [-0.25, -0.2) is 9.59 Å². The number of imide groups is 1. The molecular formula is C17H12BrN3O8.